The number of imidazole rings is 1. The van der Waals surface area contributed by atoms with Crippen molar-refractivity contribution in [3.8, 4) is 0 Å². The van der Waals surface area contributed by atoms with Gasteiger partial charge in [-0.2, -0.15) is 0 Å². The Labute approximate surface area is 148 Å². The van der Waals surface area contributed by atoms with Crippen LogP contribution in [0.3, 0.4) is 0 Å². The summed E-state index contributed by atoms with van der Waals surface area (Å²) in [5, 5.41) is 3.00. The van der Waals surface area contributed by atoms with E-state index in [1.807, 2.05) is 47.0 Å². The van der Waals surface area contributed by atoms with Gasteiger partial charge in [0.25, 0.3) is 0 Å². The van der Waals surface area contributed by atoms with Gasteiger partial charge in [0.1, 0.15) is 0 Å². The van der Waals surface area contributed by atoms with Crippen LogP contribution in [0.5, 0.6) is 0 Å². The number of benzene rings is 2. The minimum atomic E-state index is 0.0835. The van der Waals surface area contributed by atoms with E-state index in [1.54, 1.807) is 6.33 Å². The largest absolute Gasteiger partial charge is 0.375 e. The van der Waals surface area contributed by atoms with Crippen molar-refractivity contribution in [2.45, 2.75) is 19.4 Å². The maximum atomic E-state index is 12.0. The molecular weight excluding hydrogens is 312 g/mol. The average molecular weight is 336 g/mol. The van der Waals surface area contributed by atoms with Crippen LogP contribution in [0.1, 0.15) is 12.8 Å². The third-order valence-corrected chi connectivity index (χ3v) is 4.30. The second-order valence-electron chi connectivity index (χ2n) is 6.14. The molecule has 0 aliphatic rings. The van der Waals surface area contributed by atoms with Gasteiger partial charge in [0.15, 0.2) is 0 Å². The number of fused-ring (bicyclic) bond motifs is 1. The van der Waals surface area contributed by atoms with Gasteiger partial charge in [0, 0.05) is 38.8 Å². The first kappa shape index (κ1) is 17.0. The molecule has 0 saturated heterocycles. The Balaban J connectivity index is 1.37. The average Bonchev–Trinajstić information content (AvgIpc) is 3.07. The fraction of sp³-hybridized carbons (Fsp3) is 0.300. The van der Waals surface area contributed by atoms with Crippen molar-refractivity contribution >= 4 is 22.6 Å². The maximum absolute atomic E-state index is 12.0. The number of nitrogens with zero attached hydrogens (tertiary/aromatic N) is 3. The fourth-order valence-corrected chi connectivity index (χ4v) is 2.85. The Bertz CT molecular complexity index is 813. The number of para-hydroxylation sites is 3. The minimum absolute atomic E-state index is 0.0835. The van der Waals surface area contributed by atoms with Crippen LogP contribution in [0.2, 0.25) is 0 Å². The molecule has 0 saturated carbocycles. The molecule has 1 amide bonds. The molecule has 3 rings (SSSR count). The summed E-state index contributed by atoms with van der Waals surface area (Å²) < 4.78 is 2.03. The molecular formula is C20H24N4O. The van der Waals surface area contributed by atoms with Crippen molar-refractivity contribution < 1.29 is 4.79 Å². The highest BCUT2D eigenvalue weighted by Crippen LogP contribution is 2.12. The molecule has 1 aromatic heterocycles. The van der Waals surface area contributed by atoms with Gasteiger partial charge in [-0.05, 0) is 30.7 Å². The Hall–Kier alpha value is -2.82. The number of hydrogen-bond donors (Lipinski definition) is 1. The van der Waals surface area contributed by atoms with Gasteiger partial charge in [0.05, 0.1) is 17.4 Å². The number of rotatable bonds is 8. The van der Waals surface area contributed by atoms with Crippen LogP contribution >= 0.6 is 0 Å². The Kier molecular flexibility index (Phi) is 5.67. The molecule has 25 heavy (non-hydrogen) atoms. The normalized spacial score (nSPS) is 10.8. The zero-order valence-electron chi connectivity index (χ0n) is 14.6. The SMILES string of the molecule is CN(CCCNC(=O)CCn1cnc2ccccc21)c1ccccc1. The molecule has 0 aliphatic heterocycles. The van der Waals surface area contributed by atoms with Crippen molar-refractivity contribution in [1.82, 2.24) is 14.9 Å². The van der Waals surface area contributed by atoms with E-state index in [9.17, 15) is 4.79 Å². The van der Waals surface area contributed by atoms with Crippen molar-refractivity contribution in [3.63, 3.8) is 0 Å². The molecule has 0 unspecified atom stereocenters. The standard InChI is InChI=1S/C20H24N4O/c1-23(17-8-3-2-4-9-17)14-7-13-21-20(25)12-15-24-16-22-18-10-5-6-11-19(18)24/h2-6,8-11,16H,7,12-15H2,1H3,(H,21,25). The molecule has 3 aromatic rings. The molecule has 0 bridgehead atoms. The topological polar surface area (TPSA) is 50.2 Å². The number of carbonyl (C=O) groups excluding carboxylic acids is 1. The first-order valence-electron chi connectivity index (χ1n) is 8.67. The number of nitrogens with one attached hydrogen (secondary N) is 1. The van der Waals surface area contributed by atoms with Crippen LogP contribution in [0.15, 0.2) is 60.9 Å². The van der Waals surface area contributed by atoms with E-state index in [0.717, 1.165) is 24.0 Å². The molecule has 1 N–H and O–H groups in total. The van der Waals surface area contributed by atoms with Crippen molar-refractivity contribution in [3.05, 3.63) is 60.9 Å². The highest BCUT2D eigenvalue weighted by molar-refractivity contribution is 5.77. The first-order valence-corrected chi connectivity index (χ1v) is 8.67. The summed E-state index contributed by atoms with van der Waals surface area (Å²) in [6.07, 6.45) is 3.19. The summed E-state index contributed by atoms with van der Waals surface area (Å²) in [6, 6.07) is 18.2. The molecule has 130 valence electrons. The van der Waals surface area contributed by atoms with E-state index in [4.69, 9.17) is 0 Å². The first-order chi connectivity index (χ1) is 12.2. The van der Waals surface area contributed by atoms with Gasteiger partial charge in [-0.15, -0.1) is 0 Å². The van der Waals surface area contributed by atoms with Gasteiger partial charge >= 0.3 is 0 Å². The Morgan fingerprint density at radius 2 is 1.88 bits per heavy atom. The van der Waals surface area contributed by atoms with Gasteiger partial charge < -0.3 is 14.8 Å². The third kappa shape index (κ3) is 4.59. The summed E-state index contributed by atoms with van der Waals surface area (Å²) >= 11 is 0. The molecule has 2 aromatic carbocycles. The predicted octanol–water partition coefficient (Wildman–Crippen LogP) is 3.07. The van der Waals surface area contributed by atoms with E-state index in [1.165, 1.54) is 5.69 Å². The third-order valence-electron chi connectivity index (χ3n) is 4.30. The second kappa shape index (κ2) is 8.33. The molecule has 0 fully saturated rings. The van der Waals surface area contributed by atoms with Gasteiger partial charge in [-0.1, -0.05) is 30.3 Å². The quantitative estimate of drug-likeness (QED) is 0.643. The smallest absolute Gasteiger partial charge is 0.221 e. The van der Waals surface area contributed by atoms with Gasteiger partial charge in [0.2, 0.25) is 5.91 Å². The van der Waals surface area contributed by atoms with E-state index in [2.05, 4.69) is 34.4 Å². The zero-order valence-corrected chi connectivity index (χ0v) is 14.6. The zero-order chi connectivity index (χ0) is 17.5. The lowest BCUT2D eigenvalue weighted by molar-refractivity contribution is -0.121. The molecule has 0 spiro atoms. The number of hydrogen-bond acceptors (Lipinski definition) is 3. The lowest BCUT2D eigenvalue weighted by Gasteiger charge is -2.19. The van der Waals surface area contributed by atoms with Crippen LogP contribution in [0, 0.1) is 0 Å². The molecule has 5 nitrogen and oxygen atoms in total. The Morgan fingerprint density at radius 3 is 2.72 bits per heavy atom. The van der Waals surface area contributed by atoms with Crippen LogP contribution in [0.25, 0.3) is 11.0 Å². The second-order valence-corrected chi connectivity index (χ2v) is 6.14. The molecule has 0 aliphatic carbocycles. The molecule has 0 atom stereocenters. The number of aryl methyl sites for hydroxylation is 1. The summed E-state index contributed by atoms with van der Waals surface area (Å²) in [7, 11) is 2.07. The Morgan fingerprint density at radius 1 is 1.12 bits per heavy atom. The van der Waals surface area contributed by atoms with Gasteiger partial charge in [-0.25, -0.2) is 4.98 Å². The number of anilines is 1. The predicted molar refractivity (Wildman–Crippen MR) is 102 cm³/mol. The highest BCUT2D eigenvalue weighted by Gasteiger charge is 2.05. The number of carbonyl (C=O) groups is 1. The van der Waals surface area contributed by atoms with E-state index >= 15 is 0 Å². The fourth-order valence-electron chi connectivity index (χ4n) is 2.85. The lowest BCUT2D eigenvalue weighted by atomic mass is 10.3. The van der Waals surface area contributed by atoms with Crippen LogP contribution in [0.4, 0.5) is 5.69 Å². The minimum Gasteiger partial charge on any atom is -0.375 e. The van der Waals surface area contributed by atoms with Gasteiger partial charge in [-0.3, -0.25) is 4.79 Å². The maximum Gasteiger partial charge on any atom is 0.221 e. The summed E-state index contributed by atoms with van der Waals surface area (Å²) in [5.41, 5.74) is 3.23. The van der Waals surface area contributed by atoms with Crippen LogP contribution in [-0.4, -0.2) is 35.6 Å². The molecule has 0 radical (unpaired) electrons. The summed E-state index contributed by atoms with van der Waals surface area (Å²) in [5.74, 6) is 0.0835. The summed E-state index contributed by atoms with van der Waals surface area (Å²) in [6.45, 7) is 2.26. The molecule has 1 heterocycles. The number of amides is 1. The van der Waals surface area contributed by atoms with Crippen LogP contribution < -0.4 is 10.2 Å². The van der Waals surface area contributed by atoms with E-state index < -0.39 is 0 Å². The van der Waals surface area contributed by atoms with Crippen molar-refractivity contribution in [2.75, 3.05) is 25.0 Å². The van der Waals surface area contributed by atoms with Crippen molar-refractivity contribution in [2.24, 2.45) is 0 Å². The lowest BCUT2D eigenvalue weighted by Crippen LogP contribution is -2.28. The van der Waals surface area contributed by atoms with Crippen LogP contribution in [-0.2, 0) is 11.3 Å². The van der Waals surface area contributed by atoms with Crippen molar-refractivity contribution in [1.29, 1.82) is 0 Å². The van der Waals surface area contributed by atoms with E-state index in [0.29, 0.717) is 19.5 Å². The molecule has 5 heteroatoms. The monoisotopic (exact) mass is 336 g/mol. The summed E-state index contributed by atoms with van der Waals surface area (Å²) in [4.78, 5) is 18.6. The highest BCUT2D eigenvalue weighted by atomic mass is 16.1. The number of aromatic nitrogens is 2. The van der Waals surface area contributed by atoms with E-state index in [-0.39, 0.29) is 5.91 Å².